The molecule has 1 aliphatic rings. The number of hydrogen-bond donors (Lipinski definition) is 6. The molecular weight excluding hydrogens is 943 g/mol. The number of unbranched alkanes of at least 4 members (excludes halogenated alkanes) is 32. The van der Waals surface area contributed by atoms with Gasteiger partial charge in [-0.05, 0) is 89.9 Å². The molecule has 0 saturated carbocycles. The van der Waals surface area contributed by atoms with Gasteiger partial charge in [-0.1, -0.05) is 229 Å². The van der Waals surface area contributed by atoms with Crippen LogP contribution in [0.15, 0.2) is 60.8 Å². The molecule has 1 heterocycles. The van der Waals surface area contributed by atoms with Crippen LogP contribution in [0.5, 0.6) is 0 Å². The second-order valence-electron chi connectivity index (χ2n) is 21.4. The average Bonchev–Trinajstić information content (AvgIpc) is 3.41. The van der Waals surface area contributed by atoms with Crippen LogP contribution in [0.1, 0.15) is 271 Å². The van der Waals surface area contributed by atoms with E-state index < -0.39 is 49.5 Å². The molecular formula is C64H115NO10. The summed E-state index contributed by atoms with van der Waals surface area (Å²) in [6.07, 6.45) is 58.7. The van der Waals surface area contributed by atoms with Crippen molar-refractivity contribution < 1.29 is 49.3 Å². The van der Waals surface area contributed by atoms with Crippen LogP contribution in [0.4, 0.5) is 0 Å². The molecule has 1 aliphatic heterocycles. The summed E-state index contributed by atoms with van der Waals surface area (Å²) in [5, 5.41) is 54.4. The van der Waals surface area contributed by atoms with E-state index in [0.717, 1.165) is 103 Å². The Labute approximate surface area is 458 Å². The number of hydrogen-bond acceptors (Lipinski definition) is 10. The van der Waals surface area contributed by atoms with Gasteiger partial charge in [0.15, 0.2) is 6.29 Å². The van der Waals surface area contributed by atoms with Crippen LogP contribution in [0.25, 0.3) is 0 Å². The third-order valence-corrected chi connectivity index (χ3v) is 14.4. The molecule has 0 aromatic rings. The molecule has 0 spiro atoms. The Hall–Kier alpha value is -2.64. The van der Waals surface area contributed by atoms with Gasteiger partial charge < -0.3 is 45.1 Å². The predicted octanol–water partition coefficient (Wildman–Crippen LogP) is 14.6. The summed E-state index contributed by atoms with van der Waals surface area (Å²) in [6.45, 7) is 4.25. The summed E-state index contributed by atoms with van der Waals surface area (Å²) in [7, 11) is 0. The van der Waals surface area contributed by atoms with E-state index in [2.05, 4.69) is 67.8 Å². The summed E-state index contributed by atoms with van der Waals surface area (Å²) >= 11 is 0. The highest BCUT2D eigenvalue weighted by Gasteiger charge is 2.44. The van der Waals surface area contributed by atoms with Crippen molar-refractivity contribution in [2.24, 2.45) is 0 Å². The normalized spacial score (nSPS) is 19.2. The number of amides is 1. The van der Waals surface area contributed by atoms with Crippen LogP contribution >= 0.6 is 0 Å². The number of allylic oxidation sites excluding steroid dienone is 9. The van der Waals surface area contributed by atoms with E-state index >= 15 is 0 Å². The summed E-state index contributed by atoms with van der Waals surface area (Å²) in [5.74, 6) is -0.236. The number of rotatable bonds is 53. The molecule has 7 atom stereocenters. The van der Waals surface area contributed by atoms with Crippen LogP contribution in [0, 0.1) is 0 Å². The maximum Gasteiger partial charge on any atom is 0.305 e. The van der Waals surface area contributed by atoms with Crippen molar-refractivity contribution in [3.63, 3.8) is 0 Å². The molecule has 436 valence electrons. The minimum Gasteiger partial charge on any atom is -0.466 e. The highest BCUT2D eigenvalue weighted by molar-refractivity contribution is 5.76. The molecule has 1 fully saturated rings. The molecule has 1 amide bonds. The largest absolute Gasteiger partial charge is 0.466 e. The molecule has 11 nitrogen and oxygen atoms in total. The highest BCUT2D eigenvalue weighted by Crippen LogP contribution is 2.23. The Bertz CT molecular complexity index is 1430. The van der Waals surface area contributed by atoms with Crippen LogP contribution < -0.4 is 5.32 Å². The van der Waals surface area contributed by atoms with E-state index in [0.29, 0.717) is 19.4 Å². The topological polar surface area (TPSA) is 175 Å². The number of carbonyl (C=O) groups excluding carboxylic acids is 2. The number of aliphatic hydroxyl groups excluding tert-OH is 5. The first-order valence-electron chi connectivity index (χ1n) is 31.1. The fraction of sp³-hybridized carbons (Fsp3) is 0.812. The van der Waals surface area contributed by atoms with E-state index in [1.54, 1.807) is 6.08 Å². The van der Waals surface area contributed by atoms with Crippen molar-refractivity contribution in [2.75, 3.05) is 19.8 Å². The lowest BCUT2D eigenvalue weighted by atomic mass is 9.99. The number of nitrogens with one attached hydrogen (secondary N) is 1. The number of carbonyl (C=O) groups is 2. The molecule has 0 aromatic carbocycles. The first-order chi connectivity index (χ1) is 36.7. The molecule has 0 bridgehead atoms. The van der Waals surface area contributed by atoms with Crippen molar-refractivity contribution in [3.8, 4) is 0 Å². The van der Waals surface area contributed by atoms with E-state index in [-0.39, 0.29) is 18.5 Å². The molecule has 11 heteroatoms. The summed E-state index contributed by atoms with van der Waals surface area (Å²) < 4.78 is 16.7. The Morgan fingerprint density at radius 2 is 0.947 bits per heavy atom. The molecule has 1 saturated heterocycles. The molecule has 0 radical (unpaired) electrons. The Balaban J connectivity index is 2.11. The second kappa shape index (κ2) is 53.4. The van der Waals surface area contributed by atoms with Crippen molar-refractivity contribution in [3.05, 3.63) is 60.8 Å². The first kappa shape index (κ1) is 70.4. The van der Waals surface area contributed by atoms with E-state index in [9.17, 15) is 35.1 Å². The summed E-state index contributed by atoms with van der Waals surface area (Å²) in [4.78, 5) is 25.1. The lowest BCUT2D eigenvalue weighted by Gasteiger charge is -2.40. The zero-order valence-corrected chi connectivity index (χ0v) is 48.0. The van der Waals surface area contributed by atoms with Crippen LogP contribution in [0.2, 0.25) is 0 Å². The van der Waals surface area contributed by atoms with Gasteiger partial charge >= 0.3 is 5.97 Å². The maximum absolute atomic E-state index is 13.1. The molecule has 75 heavy (non-hydrogen) atoms. The van der Waals surface area contributed by atoms with Crippen molar-refractivity contribution in [1.82, 2.24) is 5.32 Å². The third kappa shape index (κ3) is 43.0. The van der Waals surface area contributed by atoms with Crippen LogP contribution in [-0.4, -0.2) is 100 Å². The van der Waals surface area contributed by atoms with Crippen molar-refractivity contribution in [1.29, 1.82) is 0 Å². The molecule has 0 aliphatic carbocycles. The quantitative estimate of drug-likeness (QED) is 0.0149. The van der Waals surface area contributed by atoms with Gasteiger partial charge in [-0.15, -0.1) is 0 Å². The minimum atomic E-state index is -1.58. The SMILES string of the molecule is CCCC/C=C\C/C=C\CCCCCCCC(=O)OCCCCC/C=C\C=C/CCCCCCCCCCCCC(=O)NC(COC1OC(CO)C(O)C(O)C1O)C(O)/C=C/CCCCCCCCCCCCCC. The lowest BCUT2D eigenvalue weighted by Crippen LogP contribution is -2.60. The minimum absolute atomic E-state index is 0.0434. The van der Waals surface area contributed by atoms with Crippen LogP contribution in [-0.2, 0) is 23.8 Å². The van der Waals surface area contributed by atoms with Crippen LogP contribution in [0.3, 0.4) is 0 Å². The number of ether oxygens (including phenoxy) is 3. The van der Waals surface area contributed by atoms with Gasteiger partial charge in [-0.25, -0.2) is 0 Å². The van der Waals surface area contributed by atoms with Gasteiger partial charge in [0.05, 0.1) is 32.0 Å². The third-order valence-electron chi connectivity index (χ3n) is 14.4. The Morgan fingerprint density at radius 3 is 1.47 bits per heavy atom. The molecule has 0 aromatic heterocycles. The Morgan fingerprint density at radius 1 is 0.507 bits per heavy atom. The fourth-order valence-corrected chi connectivity index (χ4v) is 9.38. The van der Waals surface area contributed by atoms with E-state index in [1.165, 1.54) is 141 Å². The van der Waals surface area contributed by atoms with Gasteiger partial charge in [-0.2, -0.15) is 0 Å². The lowest BCUT2D eigenvalue weighted by molar-refractivity contribution is -0.302. The molecule has 1 rings (SSSR count). The van der Waals surface area contributed by atoms with Crippen molar-refractivity contribution >= 4 is 11.9 Å². The standard InChI is InChI=1S/C64H115NO10/c1-3-5-7-9-11-13-15-17-26-30-34-38-42-46-50-57(67)56(55-74-64-63(72)62(71)61(70)58(54-66)75-64)65-59(68)51-47-43-39-35-31-27-24-22-20-19-21-23-25-29-33-37-41-45-49-53-73-60(69)52-48-44-40-36-32-28-18-16-14-12-10-8-6-4-2/h10,12,16,18,23,25,29,33,46,50,56-58,61-64,66-67,70-72H,3-9,11,13-15,17,19-22,24,26-28,30-32,34-45,47-49,51-55H2,1-2H3,(H,65,68)/b12-10-,18-16-,25-23-,33-29-,50-46+. The summed E-state index contributed by atoms with van der Waals surface area (Å²) in [5.41, 5.74) is 0. The Kier molecular flexibility index (Phi) is 50.1. The number of aliphatic hydroxyl groups is 5. The molecule has 6 N–H and O–H groups in total. The monoisotopic (exact) mass is 1060 g/mol. The maximum atomic E-state index is 13.1. The van der Waals surface area contributed by atoms with Gasteiger partial charge in [0.2, 0.25) is 5.91 Å². The average molecular weight is 1060 g/mol. The van der Waals surface area contributed by atoms with E-state index in [4.69, 9.17) is 14.2 Å². The van der Waals surface area contributed by atoms with Gasteiger partial charge in [0.25, 0.3) is 0 Å². The van der Waals surface area contributed by atoms with Gasteiger partial charge in [0, 0.05) is 12.8 Å². The van der Waals surface area contributed by atoms with Gasteiger partial charge in [-0.3, -0.25) is 9.59 Å². The fourth-order valence-electron chi connectivity index (χ4n) is 9.38. The smallest absolute Gasteiger partial charge is 0.305 e. The predicted molar refractivity (Wildman–Crippen MR) is 310 cm³/mol. The van der Waals surface area contributed by atoms with Crippen molar-refractivity contribution in [2.45, 2.75) is 314 Å². The molecule has 7 unspecified atom stereocenters. The zero-order chi connectivity index (χ0) is 54.5. The zero-order valence-electron chi connectivity index (χ0n) is 48.0. The van der Waals surface area contributed by atoms with Gasteiger partial charge in [0.1, 0.15) is 24.4 Å². The second-order valence-corrected chi connectivity index (χ2v) is 21.4. The first-order valence-corrected chi connectivity index (χ1v) is 31.1. The van der Waals surface area contributed by atoms with E-state index in [1.807, 2.05) is 6.08 Å². The highest BCUT2D eigenvalue weighted by atomic mass is 16.7. The summed E-state index contributed by atoms with van der Waals surface area (Å²) in [6, 6.07) is -0.819. The number of esters is 1.